The monoisotopic (exact) mass is 279 g/mol. The average Bonchev–Trinajstić information content (AvgIpc) is 2.83. The van der Waals surface area contributed by atoms with Gasteiger partial charge < -0.3 is 5.32 Å². The van der Waals surface area contributed by atoms with Crippen molar-refractivity contribution in [2.75, 3.05) is 0 Å². The summed E-state index contributed by atoms with van der Waals surface area (Å²) in [5.74, 6) is 0. The van der Waals surface area contributed by atoms with Crippen LogP contribution in [0.1, 0.15) is 44.1 Å². The van der Waals surface area contributed by atoms with Crippen LogP contribution >= 0.6 is 0 Å². The maximum Gasteiger partial charge on any atom is 0.0208 e. The Balaban J connectivity index is 1.57. The van der Waals surface area contributed by atoms with Gasteiger partial charge in [-0.15, -0.1) is 0 Å². The van der Waals surface area contributed by atoms with Crippen LogP contribution in [0, 0.1) is 0 Å². The van der Waals surface area contributed by atoms with Crippen molar-refractivity contribution in [3.05, 3.63) is 60.2 Å². The number of rotatable bonds is 4. The molecule has 1 heteroatoms. The summed E-state index contributed by atoms with van der Waals surface area (Å²) in [5, 5.41) is 3.74. The summed E-state index contributed by atoms with van der Waals surface area (Å²) in [5.41, 5.74) is 3.98. The van der Waals surface area contributed by atoms with Gasteiger partial charge in [-0.3, -0.25) is 0 Å². The van der Waals surface area contributed by atoms with E-state index in [0.29, 0.717) is 0 Å². The molecule has 1 aliphatic carbocycles. The van der Waals surface area contributed by atoms with Crippen molar-refractivity contribution in [3.8, 4) is 11.1 Å². The fourth-order valence-corrected chi connectivity index (χ4v) is 3.19. The van der Waals surface area contributed by atoms with Gasteiger partial charge >= 0.3 is 0 Å². The van der Waals surface area contributed by atoms with E-state index in [-0.39, 0.29) is 0 Å². The van der Waals surface area contributed by atoms with Gasteiger partial charge in [0.1, 0.15) is 0 Å². The molecule has 0 atom stereocenters. The van der Waals surface area contributed by atoms with Crippen molar-refractivity contribution in [2.24, 2.45) is 0 Å². The molecule has 0 spiro atoms. The fraction of sp³-hybridized carbons (Fsp3) is 0.400. The van der Waals surface area contributed by atoms with Crippen LogP contribution in [0.3, 0.4) is 0 Å². The predicted octanol–water partition coefficient (Wildman–Crippen LogP) is 5.17. The van der Waals surface area contributed by atoms with Crippen LogP contribution in [0.15, 0.2) is 54.6 Å². The van der Waals surface area contributed by atoms with Crippen molar-refractivity contribution >= 4 is 0 Å². The molecule has 0 heterocycles. The molecule has 110 valence electrons. The van der Waals surface area contributed by atoms with Gasteiger partial charge in [-0.1, -0.05) is 80.3 Å². The van der Waals surface area contributed by atoms with Crippen LogP contribution in [0.25, 0.3) is 11.1 Å². The third-order valence-corrected chi connectivity index (χ3v) is 4.51. The number of hydrogen-bond acceptors (Lipinski definition) is 1. The largest absolute Gasteiger partial charge is 0.310 e. The highest BCUT2D eigenvalue weighted by molar-refractivity contribution is 5.63. The lowest BCUT2D eigenvalue weighted by Gasteiger charge is -2.16. The maximum atomic E-state index is 3.74. The summed E-state index contributed by atoms with van der Waals surface area (Å²) in [6, 6.07) is 20.3. The summed E-state index contributed by atoms with van der Waals surface area (Å²) < 4.78 is 0. The topological polar surface area (TPSA) is 12.0 Å². The van der Waals surface area contributed by atoms with Crippen molar-refractivity contribution in [2.45, 2.75) is 51.1 Å². The zero-order valence-electron chi connectivity index (χ0n) is 12.7. The van der Waals surface area contributed by atoms with E-state index >= 15 is 0 Å². The Morgan fingerprint density at radius 1 is 0.714 bits per heavy atom. The molecular weight excluding hydrogens is 254 g/mol. The van der Waals surface area contributed by atoms with E-state index in [0.717, 1.165) is 12.6 Å². The predicted molar refractivity (Wildman–Crippen MR) is 90.2 cm³/mol. The van der Waals surface area contributed by atoms with Gasteiger partial charge in [0.2, 0.25) is 0 Å². The van der Waals surface area contributed by atoms with E-state index in [1.165, 1.54) is 55.2 Å². The van der Waals surface area contributed by atoms with Crippen molar-refractivity contribution in [1.82, 2.24) is 5.32 Å². The molecule has 0 bridgehead atoms. The molecule has 1 nitrogen and oxygen atoms in total. The van der Waals surface area contributed by atoms with Gasteiger partial charge in [-0.25, -0.2) is 0 Å². The number of hydrogen-bond donors (Lipinski definition) is 1. The third kappa shape index (κ3) is 4.18. The zero-order valence-corrected chi connectivity index (χ0v) is 12.7. The highest BCUT2D eigenvalue weighted by Gasteiger charge is 2.11. The minimum atomic E-state index is 0.723. The van der Waals surface area contributed by atoms with Gasteiger partial charge in [0.25, 0.3) is 0 Å². The van der Waals surface area contributed by atoms with Gasteiger partial charge in [-0.05, 0) is 29.5 Å². The van der Waals surface area contributed by atoms with E-state index < -0.39 is 0 Å². The van der Waals surface area contributed by atoms with Crippen LogP contribution < -0.4 is 5.32 Å². The van der Waals surface area contributed by atoms with Gasteiger partial charge in [-0.2, -0.15) is 0 Å². The molecule has 1 N–H and O–H groups in total. The highest BCUT2D eigenvalue weighted by Crippen LogP contribution is 2.20. The molecule has 0 unspecified atom stereocenters. The third-order valence-electron chi connectivity index (χ3n) is 4.51. The smallest absolute Gasteiger partial charge is 0.0208 e. The van der Waals surface area contributed by atoms with E-state index in [4.69, 9.17) is 0 Å². The van der Waals surface area contributed by atoms with Crippen LogP contribution in [0.2, 0.25) is 0 Å². The average molecular weight is 279 g/mol. The lowest BCUT2D eigenvalue weighted by molar-refractivity contribution is 0.459. The Labute approximate surface area is 128 Å². The maximum absolute atomic E-state index is 3.74. The molecule has 2 aromatic rings. The Kier molecular flexibility index (Phi) is 5.07. The molecule has 0 aliphatic heterocycles. The van der Waals surface area contributed by atoms with Crippen molar-refractivity contribution in [1.29, 1.82) is 0 Å². The summed E-state index contributed by atoms with van der Waals surface area (Å²) in [7, 11) is 0. The SMILES string of the molecule is c1ccc(-c2ccc(CNC3CCCCCC3)cc2)cc1. The number of benzene rings is 2. The van der Waals surface area contributed by atoms with Crippen molar-refractivity contribution in [3.63, 3.8) is 0 Å². The van der Waals surface area contributed by atoms with Gasteiger partial charge in [0.05, 0.1) is 0 Å². The molecule has 0 radical (unpaired) electrons. The van der Waals surface area contributed by atoms with E-state index in [9.17, 15) is 0 Å². The Bertz CT molecular complexity index is 522. The second kappa shape index (κ2) is 7.42. The standard InChI is InChI=1S/C20H25N/c1-2-7-11-20(10-6-1)21-16-17-12-14-19(15-13-17)18-8-4-3-5-9-18/h3-5,8-9,12-15,20-21H,1-2,6-7,10-11,16H2. The summed E-state index contributed by atoms with van der Waals surface area (Å²) >= 11 is 0. The molecule has 1 aliphatic rings. The quantitative estimate of drug-likeness (QED) is 0.762. The molecule has 21 heavy (non-hydrogen) atoms. The van der Waals surface area contributed by atoms with Crippen molar-refractivity contribution < 1.29 is 0 Å². The van der Waals surface area contributed by atoms with E-state index in [1.807, 2.05) is 0 Å². The van der Waals surface area contributed by atoms with Crippen LogP contribution in [0.5, 0.6) is 0 Å². The normalized spacial score (nSPS) is 16.6. The second-order valence-corrected chi connectivity index (χ2v) is 6.13. The van der Waals surface area contributed by atoms with Gasteiger partial charge in [0, 0.05) is 12.6 Å². The first-order valence-corrected chi connectivity index (χ1v) is 8.29. The molecular formula is C20H25N. The molecule has 3 rings (SSSR count). The molecule has 1 fully saturated rings. The first-order chi connectivity index (χ1) is 10.4. The first-order valence-electron chi connectivity index (χ1n) is 8.29. The molecule has 0 saturated heterocycles. The molecule has 0 amide bonds. The van der Waals surface area contributed by atoms with Gasteiger partial charge in [0.15, 0.2) is 0 Å². The molecule has 1 saturated carbocycles. The zero-order chi connectivity index (χ0) is 14.3. The summed E-state index contributed by atoms with van der Waals surface area (Å²) in [6.45, 7) is 1.000. The molecule has 0 aromatic heterocycles. The van der Waals surface area contributed by atoms with Crippen LogP contribution in [-0.4, -0.2) is 6.04 Å². The minimum Gasteiger partial charge on any atom is -0.310 e. The molecule has 2 aromatic carbocycles. The van der Waals surface area contributed by atoms with E-state index in [2.05, 4.69) is 59.9 Å². The lowest BCUT2D eigenvalue weighted by atomic mass is 10.0. The summed E-state index contributed by atoms with van der Waals surface area (Å²) in [4.78, 5) is 0. The minimum absolute atomic E-state index is 0.723. The highest BCUT2D eigenvalue weighted by atomic mass is 14.9. The Morgan fingerprint density at radius 3 is 2.00 bits per heavy atom. The van der Waals surface area contributed by atoms with Crippen LogP contribution in [-0.2, 0) is 6.54 Å². The second-order valence-electron chi connectivity index (χ2n) is 6.13. The Hall–Kier alpha value is -1.60. The first kappa shape index (κ1) is 14.3. The fourth-order valence-electron chi connectivity index (χ4n) is 3.19. The van der Waals surface area contributed by atoms with Crippen LogP contribution in [0.4, 0.5) is 0 Å². The number of nitrogens with one attached hydrogen (secondary N) is 1. The Morgan fingerprint density at radius 2 is 1.33 bits per heavy atom. The summed E-state index contributed by atoms with van der Waals surface area (Å²) in [6.07, 6.45) is 8.33. The lowest BCUT2D eigenvalue weighted by Crippen LogP contribution is -2.27. The van der Waals surface area contributed by atoms with E-state index in [1.54, 1.807) is 0 Å².